The number of sulfone groups is 1. The third kappa shape index (κ3) is 2.99. The molecular weight excluding hydrogens is 306 g/mol. The van der Waals surface area contributed by atoms with E-state index >= 15 is 0 Å². The molecule has 2 aromatic rings. The van der Waals surface area contributed by atoms with Crippen LogP contribution in [0.4, 0.5) is 0 Å². The number of hydrogen-bond donors (Lipinski definition) is 1. The molecule has 0 spiro atoms. The van der Waals surface area contributed by atoms with Gasteiger partial charge < -0.3 is 9.94 Å². The van der Waals surface area contributed by atoms with Crippen LogP contribution < -0.4 is 4.74 Å². The molecule has 0 aliphatic heterocycles. The van der Waals surface area contributed by atoms with Crippen molar-refractivity contribution in [1.82, 2.24) is 0 Å². The second-order valence-electron chi connectivity index (χ2n) is 4.28. The number of benzene rings is 2. The van der Waals surface area contributed by atoms with Crippen molar-refractivity contribution >= 4 is 20.7 Å². The maximum absolute atomic E-state index is 12.4. The van der Waals surface area contributed by atoms with E-state index in [4.69, 9.17) is 9.94 Å². The smallest absolute Gasteiger partial charge is 0.246 e. The summed E-state index contributed by atoms with van der Waals surface area (Å²) in [6.45, 7) is 0. The number of hydrogen-bond acceptors (Lipinski definition) is 6. The van der Waals surface area contributed by atoms with Gasteiger partial charge in [-0.3, -0.25) is 4.79 Å². The van der Waals surface area contributed by atoms with Crippen LogP contribution in [0.1, 0.15) is 10.4 Å². The predicted molar refractivity (Wildman–Crippen MR) is 80.2 cm³/mol. The van der Waals surface area contributed by atoms with Crippen molar-refractivity contribution in [3.05, 3.63) is 60.2 Å². The van der Waals surface area contributed by atoms with Crippen LogP contribution in [0.15, 0.2) is 64.6 Å². The molecule has 0 unspecified atom stereocenters. The molecule has 0 radical (unpaired) electrons. The first kappa shape index (κ1) is 15.7. The lowest BCUT2D eigenvalue weighted by Crippen LogP contribution is -2.25. The zero-order valence-corrected chi connectivity index (χ0v) is 12.4. The van der Waals surface area contributed by atoms with Crippen LogP contribution in [0.5, 0.6) is 5.75 Å². The fraction of sp³-hybridized carbons (Fsp3) is 0.0667. The van der Waals surface area contributed by atoms with E-state index in [2.05, 4.69) is 5.16 Å². The highest BCUT2D eigenvalue weighted by Gasteiger charge is 2.30. The molecule has 0 saturated heterocycles. The van der Waals surface area contributed by atoms with Gasteiger partial charge in [-0.2, -0.15) is 0 Å². The van der Waals surface area contributed by atoms with E-state index in [-0.39, 0.29) is 10.5 Å². The largest absolute Gasteiger partial charge is 0.497 e. The van der Waals surface area contributed by atoms with Crippen LogP contribution in [-0.2, 0) is 9.84 Å². The molecule has 7 heteroatoms. The molecule has 0 aromatic heterocycles. The highest BCUT2D eigenvalue weighted by molar-refractivity contribution is 8.08. The molecule has 2 rings (SSSR count). The molecular formula is C15H13NO5S. The maximum atomic E-state index is 12.4. The zero-order chi connectivity index (χ0) is 16.2. The fourth-order valence-corrected chi connectivity index (χ4v) is 3.01. The molecule has 0 aliphatic carbocycles. The van der Waals surface area contributed by atoms with Gasteiger partial charge in [0.15, 0.2) is 0 Å². The van der Waals surface area contributed by atoms with E-state index in [0.717, 1.165) is 0 Å². The molecule has 2 aromatic carbocycles. The number of Topliss-reactive ketones (excluding diaryl/α,β-unsaturated/α-hetero) is 1. The Morgan fingerprint density at radius 3 is 2.14 bits per heavy atom. The van der Waals surface area contributed by atoms with E-state index in [1.54, 1.807) is 6.07 Å². The van der Waals surface area contributed by atoms with Gasteiger partial charge in [-0.15, -0.1) is 0 Å². The van der Waals surface area contributed by atoms with Gasteiger partial charge in [0.2, 0.25) is 20.7 Å². The molecule has 0 amide bonds. The monoisotopic (exact) mass is 319 g/mol. The number of oxime groups is 1. The van der Waals surface area contributed by atoms with Gasteiger partial charge in [-0.05, 0) is 36.4 Å². The first-order chi connectivity index (χ1) is 10.5. The highest BCUT2D eigenvalue weighted by atomic mass is 32.2. The average molecular weight is 319 g/mol. The van der Waals surface area contributed by atoms with Crippen LogP contribution >= 0.6 is 0 Å². The molecule has 0 atom stereocenters. The predicted octanol–water partition coefficient (Wildman–Crippen LogP) is 2.14. The number of ketones is 1. The minimum absolute atomic E-state index is 0.0770. The summed E-state index contributed by atoms with van der Waals surface area (Å²) >= 11 is 0. The first-order valence-corrected chi connectivity index (χ1v) is 7.70. The van der Waals surface area contributed by atoms with E-state index in [9.17, 15) is 13.2 Å². The summed E-state index contributed by atoms with van der Waals surface area (Å²) in [6, 6.07) is 13.1. The normalized spacial score (nSPS) is 12.0. The second-order valence-corrected chi connectivity index (χ2v) is 6.14. The number of carbonyl (C=O) groups is 1. The van der Waals surface area contributed by atoms with Gasteiger partial charge in [-0.25, -0.2) is 8.42 Å². The summed E-state index contributed by atoms with van der Waals surface area (Å²) in [6.07, 6.45) is 0. The lowest BCUT2D eigenvalue weighted by molar-refractivity contribution is 0.106. The average Bonchev–Trinajstić information content (AvgIpc) is 2.56. The summed E-state index contributed by atoms with van der Waals surface area (Å²) in [4.78, 5) is 12.2. The maximum Gasteiger partial charge on any atom is 0.246 e. The standard InChI is InChI=1S/C15H13NO5S/c1-21-12-9-7-11(8-10-12)14(17)15(16-18)22(19,20)13-5-3-2-4-6-13/h2-10,18H,1H3/b16-15-. The molecule has 114 valence electrons. The number of nitrogens with zero attached hydrogens (tertiary/aromatic N) is 1. The first-order valence-electron chi connectivity index (χ1n) is 6.21. The molecule has 1 N–H and O–H groups in total. The summed E-state index contributed by atoms with van der Waals surface area (Å²) < 4.78 is 29.7. The van der Waals surface area contributed by atoms with Crippen molar-refractivity contribution < 1.29 is 23.2 Å². The number of rotatable bonds is 4. The lowest BCUT2D eigenvalue weighted by Gasteiger charge is -2.06. The van der Waals surface area contributed by atoms with Crippen molar-refractivity contribution in [3.8, 4) is 5.75 Å². The van der Waals surface area contributed by atoms with Gasteiger partial charge in [0.1, 0.15) is 5.75 Å². The quantitative estimate of drug-likeness (QED) is 0.306. The van der Waals surface area contributed by atoms with Crippen molar-refractivity contribution in [2.45, 2.75) is 4.90 Å². The molecule has 22 heavy (non-hydrogen) atoms. The molecule has 0 fully saturated rings. The minimum Gasteiger partial charge on any atom is -0.497 e. The summed E-state index contributed by atoms with van der Waals surface area (Å²) in [5.41, 5.74) is 0.0770. The second kappa shape index (κ2) is 6.40. The van der Waals surface area contributed by atoms with E-state index in [0.29, 0.717) is 5.75 Å². The Kier molecular flexibility index (Phi) is 4.57. The molecule has 0 saturated carbocycles. The van der Waals surface area contributed by atoms with E-state index < -0.39 is 20.7 Å². The summed E-state index contributed by atoms with van der Waals surface area (Å²) in [7, 11) is -2.73. The SMILES string of the molecule is COc1ccc(C(=O)/C(=N/O)S(=O)(=O)c2ccccc2)cc1. The van der Waals surface area contributed by atoms with Crippen LogP contribution in [0, 0.1) is 0 Å². The Hall–Kier alpha value is -2.67. The van der Waals surface area contributed by atoms with Gasteiger partial charge >= 0.3 is 0 Å². The topological polar surface area (TPSA) is 93.0 Å². The van der Waals surface area contributed by atoms with Gasteiger partial charge in [0.25, 0.3) is 0 Å². The molecule has 0 bridgehead atoms. The minimum atomic E-state index is -4.19. The van der Waals surface area contributed by atoms with E-state index in [1.807, 2.05) is 0 Å². The Morgan fingerprint density at radius 1 is 1.05 bits per heavy atom. The lowest BCUT2D eigenvalue weighted by atomic mass is 10.1. The Labute approximate surface area is 127 Å². The number of ether oxygens (including phenoxy) is 1. The van der Waals surface area contributed by atoms with Crippen LogP contribution in [-0.4, -0.2) is 31.6 Å². The van der Waals surface area contributed by atoms with Crippen LogP contribution in [0.2, 0.25) is 0 Å². The molecule has 6 nitrogen and oxygen atoms in total. The Morgan fingerprint density at radius 2 is 1.64 bits per heavy atom. The van der Waals surface area contributed by atoms with Crippen molar-refractivity contribution in [1.29, 1.82) is 0 Å². The van der Waals surface area contributed by atoms with Crippen molar-refractivity contribution in [2.24, 2.45) is 5.16 Å². The van der Waals surface area contributed by atoms with Gasteiger partial charge in [0.05, 0.1) is 12.0 Å². The summed E-state index contributed by atoms with van der Waals surface area (Å²) in [5.74, 6) is -0.376. The number of methoxy groups -OCH3 is 1. The summed E-state index contributed by atoms with van der Waals surface area (Å²) in [5, 5.41) is 10.8. The van der Waals surface area contributed by atoms with Crippen LogP contribution in [0.25, 0.3) is 0 Å². The Bertz CT molecular complexity index is 796. The van der Waals surface area contributed by atoms with Crippen LogP contribution in [0.3, 0.4) is 0 Å². The highest BCUT2D eigenvalue weighted by Crippen LogP contribution is 2.17. The van der Waals surface area contributed by atoms with Crippen molar-refractivity contribution in [3.63, 3.8) is 0 Å². The number of carbonyl (C=O) groups excluding carboxylic acids is 1. The fourth-order valence-electron chi connectivity index (χ4n) is 1.80. The van der Waals surface area contributed by atoms with E-state index in [1.165, 1.54) is 55.6 Å². The third-order valence-electron chi connectivity index (χ3n) is 2.95. The van der Waals surface area contributed by atoms with Crippen molar-refractivity contribution in [2.75, 3.05) is 7.11 Å². The molecule has 0 aliphatic rings. The van der Waals surface area contributed by atoms with Gasteiger partial charge in [-0.1, -0.05) is 23.4 Å². The third-order valence-corrected chi connectivity index (χ3v) is 4.61. The molecule has 0 heterocycles. The zero-order valence-electron chi connectivity index (χ0n) is 11.6. The van der Waals surface area contributed by atoms with Gasteiger partial charge in [0, 0.05) is 5.56 Å². The Balaban J connectivity index is 2.41.